The summed E-state index contributed by atoms with van der Waals surface area (Å²) in [5.41, 5.74) is 2.75. The number of hydrogen-bond donors (Lipinski definition) is 0. The average Bonchev–Trinajstić information content (AvgIpc) is 3.17. The van der Waals surface area contributed by atoms with Crippen LogP contribution in [0.4, 0.5) is 5.82 Å². The molecule has 1 saturated carbocycles. The standard InChI is InChI=1S/C14H19N3O/c1-2-11-12(3-1)15-13(10-4-5-10)16-14(11)17-6-8-18-9-7-17/h10H,1-9H2. The number of morpholine rings is 1. The Morgan fingerprint density at radius 3 is 2.67 bits per heavy atom. The summed E-state index contributed by atoms with van der Waals surface area (Å²) in [5, 5.41) is 0. The van der Waals surface area contributed by atoms with E-state index in [2.05, 4.69) is 4.90 Å². The molecule has 0 spiro atoms. The molecule has 2 fully saturated rings. The molecule has 4 nitrogen and oxygen atoms in total. The molecular weight excluding hydrogens is 226 g/mol. The van der Waals surface area contributed by atoms with Crippen LogP contribution in [0.25, 0.3) is 0 Å². The van der Waals surface area contributed by atoms with Gasteiger partial charge in [-0.1, -0.05) is 0 Å². The molecule has 4 heteroatoms. The van der Waals surface area contributed by atoms with Crippen LogP contribution < -0.4 is 4.90 Å². The Labute approximate surface area is 107 Å². The molecule has 18 heavy (non-hydrogen) atoms. The molecular formula is C14H19N3O. The average molecular weight is 245 g/mol. The lowest BCUT2D eigenvalue weighted by molar-refractivity contribution is 0.122. The summed E-state index contributed by atoms with van der Waals surface area (Å²) >= 11 is 0. The van der Waals surface area contributed by atoms with Crippen molar-refractivity contribution in [2.24, 2.45) is 0 Å². The van der Waals surface area contributed by atoms with Gasteiger partial charge in [-0.25, -0.2) is 9.97 Å². The van der Waals surface area contributed by atoms with E-state index in [9.17, 15) is 0 Å². The summed E-state index contributed by atoms with van der Waals surface area (Å²) in [7, 11) is 0. The van der Waals surface area contributed by atoms with Gasteiger partial charge in [0.15, 0.2) is 0 Å². The second kappa shape index (κ2) is 4.19. The smallest absolute Gasteiger partial charge is 0.135 e. The normalized spacial score (nSPS) is 23.2. The molecule has 3 aliphatic rings. The number of anilines is 1. The zero-order chi connectivity index (χ0) is 11.9. The third-order valence-corrected chi connectivity index (χ3v) is 4.18. The number of hydrogen-bond acceptors (Lipinski definition) is 4. The SMILES string of the molecule is C1Cc2nc(C3CC3)nc(N3CCOCC3)c2C1. The van der Waals surface area contributed by atoms with Crippen LogP contribution in [0.5, 0.6) is 0 Å². The molecule has 1 aromatic heterocycles. The predicted octanol–water partition coefficient (Wildman–Crippen LogP) is 1.68. The minimum Gasteiger partial charge on any atom is -0.378 e. The Hall–Kier alpha value is -1.16. The van der Waals surface area contributed by atoms with Gasteiger partial charge >= 0.3 is 0 Å². The topological polar surface area (TPSA) is 38.2 Å². The van der Waals surface area contributed by atoms with Crippen molar-refractivity contribution in [3.8, 4) is 0 Å². The highest BCUT2D eigenvalue weighted by Gasteiger charge is 2.31. The molecule has 1 saturated heterocycles. The molecule has 2 aliphatic carbocycles. The van der Waals surface area contributed by atoms with Crippen LogP contribution in [0.15, 0.2) is 0 Å². The van der Waals surface area contributed by atoms with Gasteiger partial charge in [0.25, 0.3) is 0 Å². The maximum Gasteiger partial charge on any atom is 0.135 e. The van der Waals surface area contributed by atoms with Crippen LogP contribution in [0, 0.1) is 0 Å². The van der Waals surface area contributed by atoms with Crippen LogP contribution in [-0.4, -0.2) is 36.3 Å². The molecule has 1 aliphatic heterocycles. The van der Waals surface area contributed by atoms with Gasteiger partial charge in [-0.15, -0.1) is 0 Å². The van der Waals surface area contributed by atoms with Crippen LogP contribution in [0.1, 0.15) is 42.3 Å². The summed E-state index contributed by atoms with van der Waals surface area (Å²) in [4.78, 5) is 12.1. The Morgan fingerprint density at radius 2 is 1.89 bits per heavy atom. The Bertz CT molecular complexity index is 464. The van der Waals surface area contributed by atoms with Gasteiger partial charge in [-0.05, 0) is 32.1 Å². The first kappa shape index (κ1) is 10.7. The molecule has 2 heterocycles. The van der Waals surface area contributed by atoms with Crippen molar-refractivity contribution >= 4 is 5.82 Å². The third kappa shape index (κ3) is 1.79. The number of fused-ring (bicyclic) bond motifs is 1. The van der Waals surface area contributed by atoms with E-state index in [0.717, 1.165) is 45.0 Å². The molecule has 0 unspecified atom stereocenters. The van der Waals surface area contributed by atoms with Gasteiger partial charge in [0.05, 0.1) is 13.2 Å². The van der Waals surface area contributed by atoms with Crippen molar-refractivity contribution in [3.63, 3.8) is 0 Å². The highest BCUT2D eigenvalue weighted by molar-refractivity contribution is 5.52. The van der Waals surface area contributed by atoms with E-state index < -0.39 is 0 Å². The van der Waals surface area contributed by atoms with Crippen molar-refractivity contribution in [3.05, 3.63) is 17.1 Å². The lowest BCUT2D eigenvalue weighted by Crippen LogP contribution is -2.37. The lowest BCUT2D eigenvalue weighted by atomic mass is 10.2. The molecule has 1 aromatic rings. The van der Waals surface area contributed by atoms with Gasteiger partial charge < -0.3 is 9.64 Å². The first-order chi connectivity index (χ1) is 8.92. The number of aryl methyl sites for hydroxylation is 1. The maximum atomic E-state index is 5.45. The van der Waals surface area contributed by atoms with Crippen molar-refractivity contribution in [1.82, 2.24) is 9.97 Å². The van der Waals surface area contributed by atoms with Crippen molar-refractivity contribution in [2.45, 2.75) is 38.0 Å². The van der Waals surface area contributed by atoms with E-state index in [0.29, 0.717) is 5.92 Å². The molecule has 0 bridgehead atoms. The Morgan fingerprint density at radius 1 is 1.06 bits per heavy atom. The Balaban J connectivity index is 1.74. The van der Waals surface area contributed by atoms with Crippen molar-refractivity contribution < 1.29 is 4.74 Å². The number of aromatic nitrogens is 2. The number of nitrogens with zero attached hydrogens (tertiary/aromatic N) is 3. The molecule has 4 rings (SSSR count). The first-order valence-corrected chi connectivity index (χ1v) is 7.14. The molecule has 0 atom stereocenters. The molecule has 0 radical (unpaired) electrons. The first-order valence-electron chi connectivity index (χ1n) is 7.14. The maximum absolute atomic E-state index is 5.45. The molecule has 0 amide bonds. The van der Waals surface area contributed by atoms with Gasteiger partial charge in [-0.3, -0.25) is 0 Å². The highest BCUT2D eigenvalue weighted by Crippen LogP contribution is 2.40. The lowest BCUT2D eigenvalue weighted by Gasteiger charge is -2.29. The largest absolute Gasteiger partial charge is 0.378 e. The summed E-state index contributed by atoms with van der Waals surface area (Å²) in [6, 6.07) is 0. The third-order valence-electron chi connectivity index (χ3n) is 4.18. The monoisotopic (exact) mass is 245 g/mol. The predicted molar refractivity (Wildman–Crippen MR) is 69.1 cm³/mol. The summed E-state index contributed by atoms with van der Waals surface area (Å²) in [6.45, 7) is 3.62. The fourth-order valence-corrected chi connectivity index (χ4v) is 2.99. The van der Waals surface area contributed by atoms with E-state index >= 15 is 0 Å². The zero-order valence-electron chi connectivity index (χ0n) is 10.7. The second-order valence-corrected chi connectivity index (χ2v) is 5.56. The van der Waals surface area contributed by atoms with Gasteiger partial charge in [0.1, 0.15) is 11.6 Å². The zero-order valence-corrected chi connectivity index (χ0v) is 10.7. The van der Waals surface area contributed by atoms with Crippen LogP contribution in [0.3, 0.4) is 0 Å². The van der Waals surface area contributed by atoms with E-state index in [1.54, 1.807) is 0 Å². The van der Waals surface area contributed by atoms with E-state index in [-0.39, 0.29) is 0 Å². The van der Waals surface area contributed by atoms with Crippen molar-refractivity contribution in [1.29, 1.82) is 0 Å². The molecule has 0 N–H and O–H groups in total. The minimum atomic E-state index is 0.649. The van der Waals surface area contributed by atoms with E-state index in [1.165, 1.54) is 36.3 Å². The number of rotatable bonds is 2. The fraction of sp³-hybridized carbons (Fsp3) is 0.714. The second-order valence-electron chi connectivity index (χ2n) is 5.56. The van der Waals surface area contributed by atoms with Gasteiger partial charge in [0.2, 0.25) is 0 Å². The van der Waals surface area contributed by atoms with Crippen LogP contribution in [-0.2, 0) is 17.6 Å². The van der Waals surface area contributed by atoms with Crippen LogP contribution >= 0.6 is 0 Å². The summed E-state index contributed by atoms with van der Waals surface area (Å²) in [5.74, 6) is 2.98. The highest BCUT2D eigenvalue weighted by atomic mass is 16.5. The van der Waals surface area contributed by atoms with Gasteiger partial charge in [-0.2, -0.15) is 0 Å². The summed E-state index contributed by atoms with van der Waals surface area (Å²) < 4.78 is 5.45. The molecule has 96 valence electrons. The number of ether oxygens (including phenoxy) is 1. The van der Waals surface area contributed by atoms with Gasteiger partial charge in [0, 0.05) is 30.3 Å². The Kier molecular flexibility index (Phi) is 2.50. The summed E-state index contributed by atoms with van der Waals surface area (Å²) in [6.07, 6.45) is 6.11. The fourth-order valence-electron chi connectivity index (χ4n) is 2.99. The van der Waals surface area contributed by atoms with Crippen molar-refractivity contribution in [2.75, 3.05) is 31.2 Å². The van der Waals surface area contributed by atoms with Crippen LogP contribution in [0.2, 0.25) is 0 Å². The van der Waals surface area contributed by atoms with E-state index in [1.807, 2.05) is 0 Å². The quantitative estimate of drug-likeness (QED) is 0.794. The van der Waals surface area contributed by atoms with E-state index in [4.69, 9.17) is 14.7 Å². The molecule has 0 aromatic carbocycles. The minimum absolute atomic E-state index is 0.649.